The molecule has 1 heterocycles. The van der Waals surface area contributed by atoms with Crippen LogP contribution in [0.3, 0.4) is 0 Å². The van der Waals surface area contributed by atoms with E-state index in [-0.39, 0.29) is 11.9 Å². The van der Waals surface area contributed by atoms with Gasteiger partial charge in [-0.2, -0.15) is 4.98 Å². The Hall–Kier alpha value is -1.39. The second kappa shape index (κ2) is 4.21. The number of rotatable bonds is 3. The lowest BCUT2D eigenvalue weighted by Gasteiger charge is -2.20. The Balaban J connectivity index is 2.74. The van der Waals surface area contributed by atoms with Crippen molar-refractivity contribution >= 4 is 5.91 Å². The molecule has 1 unspecified atom stereocenters. The summed E-state index contributed by atoms with van der Waals surface area (Å²) < 4.78 is 4.99. The number of hydrogen-bond acceptors (Lipinski definition) is 4. The third-order valence-electron chi connectivity index (χ3n) is 2.18. The van der Waals surface area contributed by atoms with Crippen LogP contribution in [0, 0.1) is 6.92 Å². The van der Waals surface area contributed by atoms with Gasteiger partial charge in [0.2, 0.25) is 11.8 Å². The van der Waals surface area contributed by atoms with Gasteiger partial charge in [0.05, 0.1) is 0 Å². The molecule has 1 rings (SSSR count). The Morgan fingerprint density at radius 3 is 2.71 bits per heavy atom. The Labute approximate surface area is 83.1 Å². The van der Waals surface area contributed by atoms with Gasteiger partial charge < -0.3 is 9.42 Å². The molecule has 1 atom stereocenters. The summed E-state index contributed by atoms with van der Waals surface area (Å²) in [6, 6.07) is -0.163. The van der Waals surface area contributed by atoms with E-state index in [0.29, 0.717) is 18.1 Å². The molecule has 1 aromatic heterocycles. The highest BCUT2D eigenvalue weighted by molar-refractivity contribution is 5.75. The fourth-order valence-corrected chi connectivity index (χ4v) is 1.11. The van der Waals surface area contributed by atoms with Crippen molar-refractivity contribution in [2.24, 2.45) is 0 Å². The molecular formula is C9H15N3O2. The number of aromatic nitrogens is 2. The Bertz CT molecular complexity index is 322. The van der Waals surface area contributed by atoms with Crippen molar-refractivity contribution in [2.45, 2.75) is 33.2 Å². The number of hydrogen-bond donors (Lipinski definition) is 0. The molecule has 14 heavy (non-hydrogen) atoms. The van der Waals surface area contributed by atoms with Crippen molar-refractivity contribution in [1.82, 2.24) is 15.0 Å². The van der Waals surface area contributed by atoms with E-state index in [1.807, 2.05) is 13.8 Å². The van der Waals surface area contributed by atoms with Gasteiger partial charge in [0, 0.05) is 13.5 Å². The average molecular weight is 197 g/mol. The smallest absolute Gasteiger partial charge is 0.249 e. The summed E-state index contributed by atoms with van der Waals surface area (Å²) in [4.78, 5) is 17.1. The van der Waals surface area contributed by atoms with E-state index in [0.717, 1.165) is 0 Å². The fraction of sp³-hybridized carbons (Fsp3) is 0.667. The molecule has 0 aliphatic heterocycles. The van der Waals surface area contributed by atoms with Gasteiger partial charge in [0.25, 0.3) is 0 Å². The van der Waals surface area contributed by atoms with Gasteiger partial charge in [-0.3, -0.25) is 4.79 Å². The first-order valence-corrected chi connectivity index (χ1v) is 4.62. The molecule has 0 saturated carbocycles. The Morgan fingerprint density at radius 2 is 2.29 bits per heavy atom. The van der Waals surface area contributed by atoms with Gasteiger partial charge in [0.1, 0.15) is 6.04 Å². The zero-order valence-electron chi connectivity index (χ0n) is 8.94. The predicted molar refractivity (Wildman–Crippen MR) is 50.5 cm³/mol. The van der Waals surface area contributed by atoms with E-state index in [9.17, 15) is 4.79 Å². The van der Waals surface area contributed by atoms with Gasteiger partial charge in [-0.1, -0.05) is 12.1 Å². The van der Waals surface area contributed by atoms with Gasteiger partial charge in [0.15, 0.2) is 5.82 Å². The maximum Gasteiger partial charge on any atom is 0.249 e. The second-order valence-corrected chi connectivity index (χ2v) is 3.21. The number of amides is 1. The third kappa shape index (κ3) is 2.10. The van der Waals surface area contributed by atoms with Crippen molar-refractivity contribution in [2.75, 3.05) is 7.05 Å². The molecule has 0 bridgehead atoms. The van der Waals surface area contributed by atoms with Crippen LogP contribution in [0.1, 0.15) is 38.0 Å². The second-order valence-electron chi connectivity index (χ2n) is 3.21. The molecule has 0 spiro atoms. The molecular weight excluding hydrogens is 182 g/mol. The van der Waals surface area contributed by atoms with Crippen LogP contribution in [-0.4, -0.2) is 28.0 Å². The summed E-state index contributed by atoms with van der Waals surface area (Å²) >= 11 is 0. The topological polar surface area (TPSA) is 59.2 Å². The molecule has 0 saturated heterocycles. The summed E-state index contributed by atoms with van der Waals surface area (Å²) in [6.07, 6.45) is 0.480. The standard InChI is InChI=1S/C9H15N3O2/c1-5-8(13)12(4)6(2)9-10-7(3)11-14-9/h6H,5H2,1-4H3. The van der Waals surface area contributed by atoms with Crippen molar-refractivity contribution in [3.63, 3.8) is 0 Å². The van der Waals surface area contributed by atoms with Crippen molar-refractivity contribution < 1.29 is 9.32 Å². The van der Waals surface area contributed by atoms with E-state index in [1.54, 1.807) is 18.9 Å². The zero-order chi connectivity index (χ0) is 10.7. The Morgan fingerprint density at radius 1 is 1.64 bits per heavy atom. The molecule has 0 aromatic carbocycles. The minimum atomic E-state index is -0.163. The normalized spacial score (nSPS) is 12.6. The van der Waals surface area contributed by atoms with E-state index in [4.69, 9.17) is 4.52 Å². The lowest BCUT2D eigenvalue weighted by Crippen LogP contribution is -2.29. The molecule has 5 nitrogen and oxygen atoms in total. The van der Waals surface area contributed by atoms with Gasteiger partial charge in [-0.05, 0) is 13.8 Å². The van der Waals surface area contributed by atoms with Crippen LogP contribution in [0.2, 0.25) is 0 Å². The predicted octanol–water partition coefficient (Wildman–Crippen LogP) is 1.31. The minimum absolute atomic E-state index is 0.0633. The zero-order valence-corrected chi connectivity index (χ0v) is 8.94. The highest BCUT2D eigenvalue weighted by Crippen LogP contribution is 2.16. The van der Waals surface area contributed by atoms with Gasteiger partial charge in [-0.25, -0.2) is 0 Å². The van der Waals surface area contributed by atoms with Crippen LogP contribution in [0.15, 0.2) is 4.52 Å². The van der Waals surface area contributed by atoms with Crippen molar-refractivity contribution in [3.05, 3.63) is 11.7 Å². The molecule has 0 fully saturated rings. The monoisotopic (exact) mass is 197 g/mol. The fourth-order valence-electron chi connectivity index (χ4n) is 1.11. The molecule has 5 heteroatoms. The summed E-state index contributed by atoms with van der Waals surface area (Å²) in [5.74, 6) is 1.13. The number of carbonyl (C=O) groups is 1. The molecule has 78 valence electrons. The first kappa shape index (κ1) is 10.7. The average Bonchev–Trinajstić information content (AvgIpc) is 2.61. The van der Waals surface area contributed by atoms with Crippen LogP contribution in [-0.2, 0) is 4.79 Å². The molecule has 0 aliphatic rings. The summed E-state index contributed by atoms with van der Waals surface area (Å²) in [7, 11) is 1.73. The first-order chi connectivity index (χ1) is 6.56. The summed E-state index contributed by atoms with van der Waals surface area (Å²) in [5, 5.41) is 3.68. The molecule has 0 N–H and O–H groups in total. The van der Waals surface area contributed by atoms with Crippen LogP contribution >= 0.6 is 0 Å². The quantitative estimate of drug-likeness (QED) is 0.733. The molecule has 0 aliphatic carbocycles. The number of aryl methyl sites for hydroxylation is 1. The minimum Gasteiger partial charge on any atom is -0.337 e. The maximum absolute atomic E-state index is 11.4. The molecule has 1 aromatic rings. The maximum atomic E-state index is 11.4. The number of carbonyl (C=O) groups excluding carboxylic acids is 1. The molecule has 1 amide bonds. The van der Waals surface area contributed by atoms with Crippen LogP contribution in [0.4, 0.5) is 0 Å². The summed E-state index contributed by atoms with van der Waals surface area (Å²) in [6.45, 7) is 5.44. The highest BCUT2D eigenvalue weighted by Gasteiger charge is 2.20. The lowest BCUT2D eigenvalue weighted by atomic mass is 10.2. The van der Waals surface area contributed by atoms with Crippen LogP contribution in [0.25, 0.3) is 0 Å². The number of nitrogens with zero attached hydrogens (tertiary/aromatic N) is 3. The Kier molecular flexibility index (Phi) is 3.22. The van der Waals surface area contributed by atoms with E-state index < -0.39 is 0 Å². The van der Waals surface area contributed by atoms with Crippen molar-refractivity contribution in [1.29, 1.82) is 0 Å². The molecule has 0 radical (unpaired) electrons. The van der Waals surface area contributed by atoms with Gasteiger partial charge >= 0.3 is 0 Å². The lowest BCUT2D eigenvalue weighted by molar-refractivity contribution is -0.131. The van der Waals surface area contributed by atoms with Crippen LogP contribution in [0.5, 0.6) is 0 Å². The van der Waals surface area contributed by atoms with E-state index in [2.05, 4.69) is 10.1 Å². The van der Waals surface area contributed by atoms with E-state index in [1.165, 1.54) is 0 Å². The van der Waals surface area contributed by atoms with Gasteiger partial charge in [-0.15, -0.1) is 0 Å². The van der Waals surface area contributed by atoms with E-state index >= 15 is 0 Å². The largest absolute Gasteiger partial charge is 0.337 e. The third-order valence-corrected chi connectivity index (χ3v) is 2.18. The summed E-state index contributed by atoms with van der Waals surface area (Å²) in [5.41, 5.74) is 0. The first-order valence-electron chi connectivity index (χ1n) is 4.62. The van der Waals surface area contributed by atoms with Crippen molar-refractivity contribution in [3.8, 4) is 0 Å². The highest BCUT2D eigenvalue weighted by atomic mass is 16.5. The SMILES string of the molecule is CCC(=O)N(C)C(C)c1nc(C)no1. The van der Waals surface area contributed by atoms with Crippen LogP contribution < -0.4 is 0 Å².